The molecular weight excluding hydrogens is 316 g/mol. The van der Waals surface area contributed by atoms with Crippen LogP contribution in [0.3, 0.4) is 0 Å². The molecule has 1 aromatic carbocycles. The lowest BCUT2D eigenvalue weighted by Crippen LogP contribution is -2.13. The Kier molecular flexibility index (Phi) is 3.80. The van der Waals surface area contributed by atoms with Crippen molar-refractivity contribution in [2.45, 2.75) is 46.0 Å². The smallest absolute Gasteiger partial charge is 0.260 e. The maximum Gasteiger partial charge on any atom is 0.260 e. The lowest BCUT2D eigenvalue weighted by molar-refractivity contribution is 0.509. The summed E-state index contributed by atoms with van der Waals surface area (Å²) in [6.45, 7) is 6.64. The Labute approximate surface area is 145 Å². The Morgan fingerprint density at radius 1 is 1.25 bits per heavy atom. The van der Waals surface area contributed by atoms with Crippen LogP contribution >= 0.6 is 11.3 Å². The number of nitrogens with zero attached hydrogens (tertiary/aromatic N) is 1. The van der Waals surface area contributed by atoms with Crippen LogP contribution in [0.25, 0.3) is 21.6 Å². The Balaban J connectivity index is 1.82. The zero-order valence-electron chi connectivity index (χ0n) is 14.3. The zero-order chi connectivity index (χ0) is 16.8. The summed E-state index contributed by atoms with van der Waals surface area (Å²) >= 11 is 1.70. The Morgan fingerprint density at radius 3 is 2.71 bits per heavy atom. The maximum absolute atomic E-state index is 12.7. The van der Waals surface area contributed by atoms with Gasteiger partial charge in [-0.15, -0.1) is 11.3 Å². The van der Waals surface area contributed by atoms with Crippen molar-refractivity contribution in [1.82, 2.24) is 9.97 Å². The molecule has 2 heterocycles. The Morgan fingerprint density at radius 2 is 2.00 bits per heavy atom. The van der Waals surface area contributed by atoms with Gasteiger partial charge in [0.2, 0.25) is 0 Å². The molecule has 24 heavy (non-hydrogen) atoms. The molecule has 2 aromatic heterocycles. The second-order valence-electron chi connectivity index (χ2n) is 7.22. The molecule has 0 spiro atoms. The SMILES string of the molecule is CC(C)c1ccc(-c2nc3sc4c(c3c(=O)[nH]2)CC[C@@H](C)C4)cc1. The van der Waals surface area contributed by atoms with Gasteiger partial charge in [-0.2, -0.15) is 0 Å². The minimum atomic E-state index is 0.00925. The number of fused-ring (bicyclic) bond motifs is 3. The number of hydrogen-bond donors (Lipinski definition) is 1. The third kappa shape index (κ3) is 2.59. The third-order valence-corrected chi connectivity index (χ3v) is 6.16. The highest BCUT2D eigenvalue weighted by atomic mass is 32.1. The van der Waals surface area contributed by atoms with E-state index < -0.39 is 0 Å². The highest BCUT2D eigenvalue weighted by Gasteiger charge is 2.23. The molecule has 3 nitrogen and oxygen atoms in total. The van der Waals surface area contributed by atoms with Gasteiger partial charge in [0.15, 0.2) is 0 Å². The molecular formula is C20H22N2OS. The quantitative estimate of drug-likeness (QED) is 0.722. The van der Waals surface area contributed by atoms with Crippen LogP contribution in [-0.4, -0.2) is 9.97 Å². The van der Waals surface area contributed by atoms with Gasteiger partial charge in [0, 0.05) is 10.4 Å². The van der Waals surface area contributed by atoms with Crippen molar-refractivity contribution in [3.05, 3.63) is 50.6 Å². The third-order valence-electron chi connectivity index (χ3n) is 5.02. The summed E-state index contributed by atoms with van der Waals surface area (Å²) in [4.78, 5) is 22.7. The van der Waals surface area contributed by atoms with Crippen molar-refractivity contribution in [3.63, 3.8) is 0 Å². The summed E-state index contributed by atoms with van der Waals surface area (Å²) in [5.41, 5.74) is 3.51. The average Bonchev–Trinajstić information content (AvgIpc) is 2.92. The van der Waals surface area contributed by atoms with Crippen LogP contribution in [0, 0.1) is 5.92 Å². The molecule has 0 saturated carbocycles. The van der Waals surface area contributed by atoms with E-state index in [9.17, 15) is 4.79 Å². The second kappa shape index (κ2) is 5.85. The summed E-state index contributed by atoms with van der Waals surface area (Å²) < 4.78 is 0. The lowest BCUT2D eigenvalue weighted by Gasteiger charge is -2.17. The van der Waals surface area contributed by atoms with Gasteiger partial charge in [0.1, 0.15) is 10.7 Å². The molecule has 0 unspecified atom stereocenters. The molecule has 0 aliphatic heterocycles. The number of benzene rings is 1. The summed E-state index contributed by atoms with van der Waals surface area (Å²) in [6.07, 6.45) is 3.24. The fourth-order valence-electron chi connectivity index (χ4n) is 3.51. The molecule has 1 aliphatic rings. The summed E-state index contributed by atoms with van der Waals surface area (Å²) in [6, 6.07) is 8.33. The molecule has 1 atom stereocenters. The van der Waals surface area contributed by atoms with E-state index in [4.69, 9.17) is 4.98 Å². The monoisotopic (exact) mass is 338 g/mol. The number of rotatable bonds is 2. The molecule has 3 aromatic rings. The molecule has 4 rings (SSSR count). The van der Waals surface area contributed by atoms with Crippen molar-refractivity contribution in [2.75, 3.05) is 0 Å². The van der Waals surface area contributed by atoms with Gasteiger partial charge in [-0.05, 0) is 42.2 Å². The summed E-state index contributed by atoms with van der Waals surface area (Å²) in [5, 5.41) is 0.824. The number of aromatic nitrogens is 2. The molecule has 4 heteroatoms. The van der Waals surface area contributed by atoms with E-state index in [2.05, 4.69) is 50.0 Å². The number of hydrogen-bond acceptors (Lipinski definition) is 3. The van der Waals surface area contributed by atoms with E-state index in [0.717, 1.165) is 35.0 Å². The molecule has 1 N–H and O–H groups in total. The first-order valence-electron chi connectivity index (χ1n) is 8.68. The van der Waals surface area contributed by atoms with Gasteiger partial charge in [0.05, 0.1) is 5.39 Å². The first-order chi connectivity index (χ1) is 11.5. The van der Waals surface area contributed by atoms with Gasteiger partial charge >= 0.3 is 0 Å². The largest absolute Gasteiger partial charge is 0.306 e. The van der Waals surface area contributed by atoms with Gasteiger partial charge in [-0.25, -0.2) is 4.98 Å². The molecule has 124 valence electrons. The molecule has 1 aliphatic carbocycles. The molecule has 0 amide bonds. The number of aromatic amines is 1. The van der Waals surface area contributed by atoms with Crippen LogP contribution in [0.4, 0.5) is 0 Å². The van der Waals surface area contributed by atoms with E-state index in [1.807, 2.05) is 0 Å². The van der Waals surface area contributed by atoms with Crippen LogP contribution in [0.1, 0.15) is 49.1 Å². The number of thiophene rings is 1. The predicted octanol–water partition coefficient (Wildman–Crippen LogP) is 4.90. The molecule has 0 radical (unpaired) electrons. The van der Waals surface area contributed by atoms with Crippen molar-refractivity contribution < 1.29 is 0 Å². The highest BCUT2D eigenvalue weighted by Crippen LogP contribution is 2.36. The van der Waals surface area contributed by atoms with Crippen LogP contribution < -0.4 is 5.56 Å². The number of nitrogens with one attached hydrogen (secondary N) is 1. The summed E-state index contributed by atoms with van der Waals surface area (Å²) in [5.74, 6) is 1.88. The fraction of sp³-hybridized carbons (Fsp3) is 0.400. The Bertz CT molecular complexity index is 950. The van der Waals surface area contributed by atoms with Crippen LogP contribution in [0.2, 0.25) is 0 Å². The minimum Gasteiger partial charge on any atom is -0.306 e. The van der Waals surface area contributed by atoms with E-state index in [0.29, 0.717) is 17.7 Å². The summed E-state index contributed by atoms with van der Waals surface area (Å²) in [7, 11) is 0. The lowest BCUT2D eigenvalue weighted by atomic mass is 9.89. The van der Waals surface area contributed by atoms with Gasteiger partial charge in [0.25, 0.3) is 5.56 Å². The van der Waals surface area contributed by atoms with E-state index >= 15 is 0 Å². The maximum atomic E-state index is 12.7. The number of aryl methyl sites for hydroxylation is 1. The first-order valence-corrected chi connectivity index (χ1v) is 9.49. The van der Waals surface area contributed by atoms with Crippen molar-refractivity contribution in [1.29, 1.82) is 0 Å². The minimum absolute atomic E-state index is 0.00925. The van der Waals surface area contributed by atoms with Gasteiger partial charge < -0.3 is 4.98 Å². The van der Waals surface area contributed by atoms with Crippen molar-refractivity contribution >= 4 is 21.6 Å². The average molecular weight is 338 g/mol. The van der Waals surface area contributed by atoms with Crippen LogP contribution in [0.5, 0.6) is 0 Å². The number of H-pyrrole nitrogens is 1. The van der Waals surface area contributed by atoms with E-state index in [-0.39, 0.29) is 5.56 Å². The topological polar surface area (TPSA) is 45.8 Å². The normalized spacial score (nSPS) is 17.4. The predicted molar refractivity (Wildman–Crippen MR) is 101 cm³/mol. The first kappa shape index (κ1) is 15.6. The van der Waals surface area contributed by atoms with Crippen LogP contribution in [-0.2, 0) is 12.8 Å². The fourth-order valence-corrected chi connectivity index (χ4v) is 4.89. The molecule has 0 saturated heterocycles. The Hall–Kier alpha value is -1.94. The molecule has 0 fully saturated rings. The van der Waals surface area contributed by atoms with Gasteiger partial charge in [-0.3, -0.25) is 4.79 Å². The second-order valence-corrected chi connectivity index (χ2v) is 8.31. The van der Waals surface area contributed by atoms with E-state index in [1.54, 1.807) is 11.3 Å². The van der Waals surface area contributed by atoms with Crippen molar-refractivity contribution in [3.8, 4) is 11.4 Å². The van der Waals surface area contributed by atoms with E-state index in [1.165, 1.54) is 16.0 Å². The van der Waals surface area contributed by atoms with Crippen molar-refractivity contribution in [2.24, 2.45) is 5.92 Å². The van der Waals surface area contributed by atoms with Crippen LogP contribution in [0.15, 0.2) is 29.1 Å². The molecule has 0 bridgehead atoms. The standard InChI is InChI=1S/C20H22N2OS/c1-11(2)13-5-7-14(8-6-13)18-21-19(23)17-15-9-4-12(3)10-16(15)24-20(17)22-18/h5-8,11-12H,4,9-10H2,1-3H3,(H,21,22,23)/t12-/m1/s1. The zero-order valence-corrected chi connectivity index (χ0v) is 15.2. The highest BCUT2D eigenvalue weighted by molar-refractivity contribution is 7.18. The van der Waals surface area contributed by atoms with Gasteiger partial charge in [-0.1, -0.05) is 45.0 Å².